The summed E-state index contributed by atoms with van der Waals surface area (Å²) in [6.45, 7) is 25.9. The summed E-state index contributed by atoms with van der Waals surface area (Å²) < 4.78 is 0. The Morgan fingerprint density at radius 2 is 1.61 bits per heavy atom. The molecule has 0 atom stereocenters. The number of rotatable bonds is 8. The molecule has 1 saturated carbocycles. The Hall–Kier alpha value is -2.28. The molecule has 1 aliphatic rings. The fourth-order valence-corrected chi connectivity index (χ4v) is 4.65. The van der Waals surface area contributed by atoms with Crippen LogP contribution in [0.4, 0.5) is 0 Å². The molecule has 202 valence electrons. The predicted octanol–water partition coefficient (Wildman–Crippen LogP) is 10.2. The van der Waals surface area contributed by atoms with E-state index in [9.17, 15) is 0 Å². The van der Waals surface area contributed by atoms with E-state index in [4.69, 9.17) is 0 Å². The van der Waals surface area contributed by atoms with Gasteiger partial charge >= 0.3 is 0 Å². The van der Waals surface area contributed by atoms with E-state index in [1.807, 2.05) is 13.8 Å². The number of hydrogen-bond acceptors (Lipinski definition) is 1. The van der Waals surface area contributed by atoms with Crippen molar-refractivity contribution in [2.45, 2.75) is 107 Å². The maximum Gasteiger partial charge on any atom is 0.0181 e. The first-order chi connectivity index (χ1) is 17.3. The summed E-state index contributed by atoms with van der Waals surface area (Å²) in [6, 6.07) is 15.1. The second-order valence-corrected chi connectivity index (χ2v) is 10.2. The molecule has 2 aromatic rings. The molecule has 1 N–H and O–H groups in total. The number of benzene rings is 2. The van der Waals surface area contributed by atoms with Gasteiger partial charge in [0, 0.05) is 6.54 Å². The van der Waals surface area contributed by atoms with E-state index in [2.05, 4.69) is 102 Å². The van der Waals surface area contributed by atoms with Gasteiger partial charge in [-0.3, -0.25) is 0 Å². The van der Waals surface area contributed by atoms with Gasteiger partial charge in [0.05, 0.1) is 0 Å². The largest absolute Gasteiger partial charge is 0.391 e. The Morgan fingerprint density at radius 3 is 2.08 bits per heavy atom. The lowest BCUT2D eigenvalue weighted by Crippen LogP contribution is -2.11. The van der Waals surface area contributed by atoms with Gasteiger partial charge in [0.2, 0.25) is 0 Å². The molecule has 2 aromatic carbocycles. The number of aryl methyl sites for hydroxylation is 1. The van der Waals surface area contributed by atoms with E-state index >= 15 is 0 Å². The minimum atomic E-state index is 0.766. The standard InChI is InChI=1S/C14H21N.C10H14.C9H16.C2H6/c1-5-14-12(4)11(3)7-8-13(14)9-10-15-6-2;1-9(2)8-10-6-4-3-5-7-10;1-8(2)9-6-4-3-5-7-9;1-2/h6-8,15H,2,5,9-10H2,1,3-4H3;3-7,9H,8H2,1-2H3;9H,1,3-7H2,2H3;1-2H3. The highest BCUT2D eigenvalue weighted by Gasteiger charge is 2.12. The van der Waals surface area contributed by atoms with Crippen molar-refractivity contribution in [3.63, 3.8) is 0 Å². The first-order valence-electron chi connectivity index (χ1n) is 14.4. The van der Waals surface area contributed by atoms with Crippen LogP contribution in [0.15, 0.2) is 67.4 Å². The Kier molecular flexibility index (Phi) is 19.5. The molecule has 0 bridgehead atoms. The van der Waals surface area contributed by atoms with E-state index in [1.165, 1.54) is 71.9 Å². The van der Waals surface area contributed by atoms with Crippen molar-refractivity contribution < 1.29 is 0 Å². The molecular formula is C35H57N. The Morgan fingerprint density at radius 1 is 1.00 bits per heavy atom. The summed E-state index contributed by atoms with van der Waals surface area (Å²) in [5, 5.41) is 3.15. The van der Waals surface area contributed by atoms with Crippen molar-refractivity contribution in [1.82, 2.24) is 5.32 Å². The van der Waals surface area contributed by atoms with Crippen LogP contribution in [0.3, 0.4) is 0 Å². The number of hydrogen-bond donors (Lipinski definition) is 1. The van der Waals surface area contributed by atoms with Crippen LogP contribution in [-0.2, 0) is 19.3 Å². The van der Waals surface area contributed by atoms with E-state index in [-0.39, 0.29) is 0 Å². The van der Waals surface area contributed by atoms with Crippen molar-refractivity contribution in [3.8, 4) is 0 Å². The highest BCUT2D eigenvalue weighted by Crippen LogP contribution is 2.28. The molecule has 0 aliphatic heterocycles. The van der Waals surface area contributed by atoms with Crippen LogP contribution in [-0.4, -0.2) is 6.54 Å². The van der Waals surface area contributed by atoms with Gasteiger partial charge in [0.25, 0.3) is 0 Å². The van der Waals surface area contributed by atoms with Crippen molar-refractivity contribution in [2.24, 2.45) is 11.8 Å². The van der Waals surface area contributed by atoms with E-state index < -0.39 is 0 Å². The third-order valence-electron chi connectivity index (χ3n) is 6.79. The molecule has 0 amide bonds. The number of allylic oxidation sites excluding steroid dienone is 1. The van der Waals surface area contributed by atoms with Gasteiger partial charge in [-0.25, -0.2) is 0 Å². The van der Waals surface area contributed by atoms with Crippen molar-refractivity contribution in [2.75, 3.05) is 6.54 Å². The van der Waals surface area contributed by atoms with E-state index in [0.717, 1.165) is 31.2 Å². The summed E-state index contributed by atoms with van der Waals surface area (Å²) in [5.41, 5.74) is 8.67. The average molecular weight is 492 g/mol. The van der Waals surface area contributed by atoms with Crippen LogP contribution in [0.2, 0.25) is 0 Å². The highest BCUT2D eigenvalue weighted by atomic mass is 14.8. The van der Waals surface area contributed by atoms with E-state index in [0.29, 0.717) is 0 Å². The molecule has 0 heterocycles. The third kappa shape index (κ3) is 14.3. The van der Waals surface area contributed by atoms with Gasteiger partial charge < -0.3 is 5.32 Å². The smallest absolute Gasteiger partial charge is 0.0181 e. The molecule has 36 heavy (non-hydrogen) atoms. The second kappa shape index (κ2) is 20.9. The highest BCUT2D eigenvalue weighted by molar-refractivity contribution is 5.40. The molecule has 0 unspecified atom stereocenters. The van der Waals surface area contributed by atoms with Gasteiger partial charge in [-0.15, -0.1) is 0 Å². The normalized spacial score (nSPS) is 12.7. The summed E-state index contributed by atoms with van der Waals surface area (Å²) >= 11 is 0. The van der Waals surface area contributed by atoms with Crippen LogP contribution in [0.25, 0.3) is 0 Å². The molecule has 0 radical (unpaired) electrons. The Labute approximate surface area is 225 Å². The first kappa shape index (κ1) is 33.7. The zero-order valence-electron chi connectivity index (χ0n) is 25.1. The number of nitrogens with one attached hydrogen (secondary N) is 1. The van der Waals surface area contributed by atoms with Crippen LogP contribution >= 0.6 is 0 Å². The monoisotopic (exact) mass is 491 g/mol. The van der Waals surface area contributed by atoms with Gasteiger partial charge in [-0.05, 0) is 98.7 Å². The van der Waals surface area contributed by atoms with Gasteiger partial charge in [-0.2, -0.15) is 0 Å². The minimum Gasteiger partial charge on any atom is -0.391 e. The SMILES string of the molecule is C=C(C)C1CCCCC1.C=CNCCc1ccc(C)c(C)c1CC.CC.CC(C)Cc1ccccc1. The van der Waals surface area contributed by atoms with Crippen LogP contribution in [0, 0.1) is 25.7 Å². The van der Waals surface area contributed by atoms with Crippen LogP contribution in [0.5, 0.6) is 0 Å². The topological polar surface area (TPSA) is 12.0 Å². The van der Waals surface area contributed by atoms with Gasteiger partial charge in [0.15, 0.2) is 0 Å². The molecule has 1 nitrogen and oxygen atoms in total. The summed E-state index contributed by atoms with van der Waals surface area (Å²) in [7, 11) is 0. The molecule has 1 fully saturated rings. The van der Waals surface area contributed by atoms with Crippen molar-refractivity contribution >= 4 is 0 Å². The maximum absolute atomic E-state index is 3.98. The molecule has 1 heteroatoms. The van der Waals surface area contributed by atoms with Crippen LogP contribution < -0.4 is 5.32 Å². The Bertz CT molecular complexity index is 825. The molecular weight excluding hydrogens is 434 g/mol. The lowest BCUT2D eigenvalue weighted by molar-refractivity contribution is 0.404. The first-order valence-corrected chi connectivity index (χ1v) is 14.4. The zero-order chi connectivity index (χ0) is 27.3. The molecule has 3 rings (SSSR count). The molecule has 0 saturated heterocycles. The van der Waals surface area contributed by atoms with Crippen molar-refractivity contribution in [3.05, 3.63) is 95.2 Å². The quantitative estimate of drug-likeness (QED) is 0.286. The average Bonchev–Trinajstić information content (AvgIpc) is 2.89. The Balaban J connectivity index is 0.000000512. The van der Waals surface area contributed by atoms with Crippen molar-refractivity contribution in [1.29, 1.82) is 0 Å². The lowest BCUT2D eigenvalue weighted by atomic mass is 9.85. The molecule has 0 spiro atoms. The maximum atomic E-state index is 3.98. The summed E-state index contributed by atoms with van der Waals surface area (Å²) in [5.74, 6) is 1.63. The zero-order valence-corrected chi connectivity index (χ0v) is 25.1. The minimum absolute atomic E-state index is 0.766. The fourth-order valence-electron chi connectivity index (χ4n) is 4.65. The predicted molar refractivity (Wildman–Crippen MR) is 165 cm³/mol. The summed E-state index contributed by atoms with van der Waals surface area (Å²) in [4.78, 5) is 0. The van der Waals surface area contributed by atoms with E-state index in [1.54, 1.807) is 6.20 Å². The third-order valence-corrected chi connectivity index (χ3v) is 6.79. The van der Waals surface area contributed by atoms with Gasteiger partial charge in [0.1, 0.15) is 0 Å². The van der Waals surface area contributed by atoms with Gasteiger partial charge in [-0.1, -0.05) is 115 Å². The lowest BCUT2D eigenvalue weighted by Gasteiger charge is -2.21. The molecule has 1 aliphatic carbocycles. The summed E-state index contributed by atoms with van der Waals surface area (Å²) in [6.07, 6.45) is 12.3. The molecule has 0 aromatic heterocycles. The van der Waals surface area contributed by atoms with Crippen LogP contribution in [0.1, 0.15) is 101 Å². The second-order valence-electron chi connectivity index (χ2n) is 10.2. The fraction of sp³-hybridized carbons (Fsp3) is 0.543.